The van der Waals surface area contributed by atoms with Crippen molar-refractivity contribution in [1.29, 1.82) is 0 Å². The number of hydrogen-bond acceptors (Lipinski definition) is 7. The molecule has 13 heteroatoms. The predicted octanol–water partition coefficient (Wildman–Crippen LogP) is 3.11. The van der Waals surface area contributed by atoms with E-state index >= 15 is 0 Å². The van der Waals surface area contributed by atoms with Gasteiger partial charge in [-0.25, -0.2) is 9.67 Å². The molecular formula is C26H28F3N7O3. The molecule has 1 aliphatic rings. The summed E-state index contributed by atoms with van der Waals surface area (Å²) in [5.74, 6) is -0.708. The van der Waals surface area contributed by atoms with Gasteiger partial charge in [-0.05, 0) is 63.3 Å². The fourth-order valence-corrected chi connectivity index (χ4v) is 4.49. The Morgan fingerprint density at radius 3 is 2.49 bits per heavy atom. The maximum absolute atomic E-state index is 12.8. The zero-order valence-electron chi connectivity index (χ0n) is 21.3. The summed E-state index contributed by atoms with van der Waals surface area (Å²) in [6.45, 7) is 3.52. The van der Waals surface area contributed by atoms with Gasteiger partial charge in [0.2, 0.25) is 0 Å². The van der Waals surface area contributed by atoms with E-state index in [0.29, 0.717) is 36.2 Å². The molecule has 39 heavy (non-hydrogen) atoms. The minimum Gasteiger partial charge on any atom is -0.475 e. The van der Waals surface area contributed by atoms with E-state index < -0.39 is 17.6 Å². The van der Waals surface area contributed by atoms with E-state index in [-0.39, 0.29) is 41.2 Å². The number of nitrogens with zero attached hydrogens (tertiary/aromatic N) is 4. The van der Waals surface area contributed by atoms with Crippen molar-refractivity contribution in [3.63, 3.8) is 0 Å². The molecule has 0 unspecified atom stereocenters. The minimum absolute atomic E-state index is 0.0297. The predicted molar refractivity (Wildman–Crippen MR) is 135 cm³/mol. The van der Waals surface area contributed by atoms with Crippen LogP contribution in [0.3, 0.4) is 0 Å². The van der Waals surface area contributed by atoms with E-state index in [4.69, 9.17) is 16.2 Å². The van der Waals surface area contributed by atoms with Gasteiger partial charge in [-0.3, -0.25) is 14.6 Å². The van der Waals surface area contributed by atoms with Crippen LogP contribution < -0.4 is 16.8 Å². The van der Waals surface area contributed by atoms with Crippen molar-refractivity contribution in [2.75, 3.05) is 0 Å². The Hall–Kier alpha value is -4.42. The number of alkyl halides is 3. The second kappa shape index (κ2) is 11.1. The van der Waals surface area contributed by atoms with Crippen LogP contribution in [0.15, 0.2) is 54.8 Å². The van der Waals surface area contributed by atoms with Crippen LogP contribution in [0, 0.1) is 12.8 Å². The normalized spacial score (nSPS) is 18.5. The summed E-state index contributed by atoms with van der Waals surface area (Å²) in [5, 5.41) is 7.06. The van der Waals surface area contributed by atoms with Crippen LogP contribution >= 0.6 is 0 Å². The van der Waals surface area contributed by atoms with E-state index in [1.165, 1.54) is 23.1 Å². The molecule has 0 aromatic carbocycles. The molecule has 0 aliphatic heterocycles. The minimum atomic E-state index is -4.49. The maximum atomic E-state index is 12.8. The van der Waals surface area contributed by atoms with Crippen LogP contribution in [0.4, 0.5) is 13.2 Å². The van der Waals surface area contributed by atoms with Crippen molar-refractivity contribution < 1.29 is 27.5 Å². The highest BCUT2D eigenvalue weighted by Gasteiger charge is 2.34. The van der Waals surface area contributed by atoms with Crippen LogP contribution in [0.25, 0.3) is 11.4 Å². The summed E-state index contributed by atoms with van der Waals surface area (Å²) >= 11 is 0. The number of halogens is 3. The largest absolute Gasteiger partial charge is 0.475 e. The lowest BCUT2D eigenvalue weighted by Crippen LogP contribution is -2.39. The Kier molecular flexibility index (Phi) is 7.88. The second-order valence-corrected chi connectivity index (χ2v) is 9.46. The number of pyridine rings is 2. The second-order valence-electron chi connectivity index (χ2n) is 9.46. The summed E-state index contributed by atoms with van der Waals surface area (Å²) in [6, 6.07) is 6.99. The Balaban J connectivity index is 1.30. The molecule has 5 N–H and O–H groups in total. The number of nitrogens with one attached hydrogen (secondary N) is 1. The highest BCUT2D eigenvalue weighted by molar-refractivity contribution is 6.18. The van der Waals surface area contributed by atoms with Crippen molar-refractivity contribution in [3.05, 3.63) is 77.3 Å². The molecule has 0 radical (unpaired) electrons. The van der Waals surface area contributed by atoms with Crippen molar-refractivity contribution in [3.8, 4) is 5.82 Å². The SMILES string of the molecule is Cc1c(C(=O)N[C@@H](C)CC2CC(OC(N)=C(C(N)=O)c3ccccn3)C2)cnn1-c1ccc(C(F)(F)F)cn1. The van der Waals surface area contributed by atoms with E-state index in [1.54, 1.807) is 25.1 Å². The summed E-state index contributed by atoms with van der Waals surface area (Å²) in [7, 11) is 0. The summed E-state index contributed by atoms with van der Waals surface area (Å²) < 4.78 is 45.5. The van der Waals surface area contributed by atoms with E-state index in [2.05, 4.69) is 20.4 Å². The number of primary amides is 1. The topological polar surface area (TPSA) is 151 Å². The van der Waals surface area contributed by atoms with Gasteiger partial charge in [0.05, 0.1) is 28.7 Å². The Bertz CT molecular complexity index is 1370. The first-order chi connectivity index (χ1) is 18.4. The summed E-state index contributed by atoms with van der Waals surface area (Å²) in [6.07, 6.45) is 0.991. The van der Waals surface area contributed by atoms with Gasteiger partial charge in [0.25, 0.3) is 11.8 Å². The third-order valence-electron chi connectivity index (χ3n) is 6.51. The molecule has 3 heterocycles. The maximum Gasteiger partial charge on any atom is 0.417 e. The third kappa shape index (κ3) is 6.36. The van der Waals surface area contributed by atoms with Crippen LogP contribution in [0.5, 0.6) is 0 Å². The first-order valence-electron chi connectivity index (χ1n) is 12.2. The highest BCUT2D eigenvalue weighted by Crippen LogP contribution is 2.35. The number of hydrogen-bond donors (Lipinski definition) is 3. The fraction of sp³-hybridized carbons (Fsp3) is 0.346. The first-order valence-corrected chi connectivity index (χ1v) is 12.2. The quantitative estimate of drug-likeness (QED) is 0.277. The molecule has 4 rings (SSSR count). The van der Waals surface area contributed by atoms with Gasteiger partial charge >= 0.3 is 6.18 Å². The fourth-order valence-electron chi connectivity index (χ4n) is 4.49. The van der Waals surface area contributed by atoms with Crippen molar-refractivity contribution >= 4 is 17.4 Å². The average molecular weight is 544 g/mol. The molecule has 2 amide bonds. The van der Waals surface area contributed by atoms with Crippen LogP contribution in [-0.2, 0) is 15.7 Å². The smallest absolute Gasteiger partial charge is 0.417 e. The molecule has 3 aromatic heterocycles. The van der Waals surface area contributed by atoms with Gasteiger partial charge in [-0.1, -0.05) is 6.07 Å². The number of carbonyl (C=O) groups is 2. The molecule has 1 saturated carbocycles. The Labute approximate surface area is 222 Å². The van der Waals surface area contributed by atoms with Gasteiger partial charge in [0.1, 0.15) is 11.7 Å². The molecule has 1 aliphatic carbocycles. The molecular weight excluding hydrogens is 515 g/mol. The highest BCUT2D eigenvalue weighted by atomic mass is 19.4. The Morgan fingerprint density at radius 1 is 1.15 bits per heavy atom. The molecule has 10 nitrogen and oxygen atoms in total. The number of rotatable bonds is 9. The van der Waals surface area contributed by atoms with Crippen molar-refractivity contribution in [1.82, 2.24) is 25.1 Å². The number of ether oxygens (including phenoxy) is 1. The molecule has 3 aromatic rings. The van der Waals surface area contributed by atoms with Crippen molar-refractivity contribution in [2.24, 2.45) is 17.4 Å². The van der Waals surface area contributed by atoms with Gasteiger partial charge in [0, 0.05) is 18.4 Å². The van der Waals surface area contributed by atoms with E-state index in [1.807, 2.05) is 6.92 Å². The van der Waals surface area contributed by atoms with Gasteiger partial charge in [0.15, 0.2) is 11.7 Å². The Morgan fingerprint density at radius 2 is 1.90 bits per heavy atom. The van der Waals surface area contributed by atoms with Crippen LogP contribution in [0.1, 0.15) is 53.5 Å². The third-order valence-corrected chi connectivity index (χ3v) is 6.51. The van der Waals surface area contributed by atoms with Gasteiger partial charge in [-0.15, -0.1) is 0 Å². The van der Waals surface area contributed by atoms with E-state index in [0.717, 1.165) is 12.3 Å². The van der Waals surface area contributed by atoms with Crippen LogP contribution in [0.2, 0.25) is 0 Å². The summed E-state index contributed by atoms with van der Waals surface area (Å²) in [4.78, 5) is 32.7. The average Bonchev–Trinajstić information content (AvgIpc) is 3.24. The zero-order valence-corrected chi connectivity index (χ0v) is 21.3. The van der Waals surface area contributed by atoms with Crippen LogP contribution in [-0.4, -0.2) is 43.7 Å². The lowest BCUT2D eigenvalue weighted by Gasteiger charge is -2.37. The lowest BCUT2D eigenvalue weighted by atomic mass is 9.78. The molecule has 0 bridgehead atoms. The standard InChI is InChI=1S/C26H28F3N7O3/c1-14(9-16-10-18(11-16)39-24(31)22(23(30)37)20-5-3-4-8-32-20)35-25(38)19-13-34-36(15(19)2)21-7-6-17(12-33-21)26(27,28)29/h3-8,12-14,16,18H,9-11,31H2,1-2H3,(H2,30,37)(H,35,38)/t14-,16?,18?/m0/s1. The lowest BCUT2D eigenvalue weighted by molar-refractivity contribution is -0.137. The number of aromatic nitrogens is 4. The molecule has 1 fully saturated rings. The number of carbonyl (C=O) groups excluding carboxylic acids is 2. The zero-order chi connectivity index (χ0) is 28.3. The van der Waals surface area contributed by atoms with E-state index in [9.17, 15) is 22.8 Å². The van der Waals surface area contributed by atoms with Crippen molar-refractivity contribution in [2.45, 2.75) is 51.4 Å². The molecule has 0 saturated heterocycles. The van der Waals surface area contributed by atoms with Gasteiger partial charge in [-0.2, -0.15) is 18.3 Å². The number of amides is 2. The molecule has 0 spiro atoms. The molecule has 206 valence electrons. The van der Waals surface area contributed by atoms with Gasteiger partial charge < -0.3 is 21.5 Å². The molecule has 1 atom stereocenters. The first kappa shape index (κ1) is 27.6. The summed E-state index contributed by atoms with van der Waals surface area (Å²) in [5.41, 5.74) is 11.7. The number of nitrogens with two attached hydrogens (primary N) is 2. The monoisotopic (exact) mass is 543 g/mol.